The van der Waals surface area contributed by atoms with Crippen LogP contribution in [0.2, 0.25) is 0 Å². The second-order valence-electron chi connectivity index (χ2n) is 12.8. The van der Waals surface area contributed by atoms with Crippen LogP contribution >= 0.6 is 0 Å². The van der Waals surface area contributed by atoms with Gasteiger partial charge in [0, 0.05) is 5.56 Å². The van der Waals surface area contributed by atoms with Gasteiger partial charge in [-0.2, -0.15) is 19.2 Å². The predicted octanol–water partition coefficient (Wildman–Crippen LogP) is 9.09. The maximum atomic E-state index is 17.1. The zero-order valence-corrected chi connectivity index (χ0v) is 28.8. The van der Waals surface area contributed by atoms with Gasteiger partial charge in [-0.05, 0) is 92.1 Å². The van der Waals surface area contributed by atoms with Crippen LogP contribution in [0, 0.1) is 11.3 Å². The SMILES string of the molecule is COc1ccc(C(N[C@]2(C)N=C(c3cccc(N(F)c4ccccc4C#N)c3)OC(C)(C)C2(F)F)(c2ccccc2)c2ccc(OC)cc2)cc1. The van der Waals surface area contributed by atoms with Gasteiger partial charge in [-0.15, -0.1) is 0 Å². The lowest BCUT2D eigenvalue weighted by molar-refractivity contribution is -0.214. The Morgan fingerprint density at radius 3 is 1.86 bits per heavy atom. The number of nitrogens with one attached hydrogen (secondary N) is 1. The third kappa shape index (κ3) is 6.15. The van der Waals surface area contributed by atoms with Gasteiger partial charge in [-0.25, -0.2) is 4.99 Å². The summed E-state index contributed by atoms with van der Waals surface area (Å²) in [6.07, 6.45) is 0. The average Bonchev–Trinajstić information content (AvgIpc) is 3.16. The number of para-hydroxylation sites is 1. The zero-order chi connectivity index (χ0) is 36.4. The van der Waals surface area contributed by atoms with E-state index in [0.29, 0.717) is 33.3 Å². The van der Waals surface area contributed by atoms with E-state index < -0.39 is 22.7 Å². The monoisotopic (exact) mass is 690 g/mol. The molecule has 0 bridgehead atoms. The number of methoxy groups -OCH3 is 2. The normalized spacial score (nSPS) is 17.7. The van der Waals surface area contributed by atoms with E-state index in [1.807, 2.05) is 60.7 Å². The Kier molecular flexibility index (Phi) is 9.27. The van der Waals surface area contributed by atoms with Crippen LogP contribution in [0.15, 0.2) is 132 Å². The summed E-state index contributed by atoms with van der Waals surface area (Å²) >= 11 is 0. The Labute approximate surface area is 295 Å². The van der Waals surface area contributed by atoms with E-state index in [2.05, 4.69) is 10.3 Å². The van der Waals surface area contributed by atoms with Crippen molar-refractivity contribution < 1.29 is 27.5 Å². The molecule has 0 spiro atoms. The first-order valence-corrected chi connectivity index (χ1v) is 16.3. The van der Waals surface area contributed by atoms with E-state index in [-0.39, 0.29) is 28.4 Å². The number of rotatable bonds is 10. The van der Waals surface area contributed by atoms with Gasteiger partial charge in [0.1, 0.15) is 17.6 Å². The highest BCUT2D eigenvalue weighted by atomic mass is 19.3. The van der Waals surface area contributed by atoms with E-state index in [1.165, 1.54) is 45.0 Å². The number of alkyl halides is 2. The molecule has 0 unspecified atom stereocenters. The molecule has 0 aromatic heterocycles. The molecule has 260 valence electrons. The summed E-state index contributed by atoms with van der Waals surface area (Å²) in [5, 5.41) is 13.3. The van der Waals surface area contributed by atoms with Gasteiger partial charge in [0.05, 0.1) is 36.7 Å². The molecule has 0 radical (unpaired) electrons. The van der Waals surface area contributed by atoms with E-state index in [1.54, 1.807) is 62.8 Å². The molecule has 1 atom stereocenters. The van der Waals surface area contributed by atoms with Crippen molar-refractivity contribution in [2.45, 2.75) is 43.5 Å². The Morgan fingerprint density at radius 2 is 1.29 bits per heavy atom. The van der Waals surface area contributed by atoms with Crippen LogP contribution in [0.1, 0.15) is 48.6 Å². The molecule has 0 saturated heterocycles. The first-order valence-electron chi connectivity index (χ1n) is 16.3. The molecular weight excluding hydrogens is 653 g/mol. The van der Waals surface area contributed by atoms with Gasteiger partial charge >= 0.3 is 5.92 Å². The number of nitriles is 1. The fraction of sp³-hybridized carbons (Fsp3) is 0.220. The fourth-order valence-corrected chi connectivity index (χ4v) is 6.51. The summed E-state index contributed by atoms with van der Waals surface area (Å²) in [4.78, 5) is 4.66. The molecule has 1 heterocycles. The summed E-state index contributed by atoms with van der Waals surface area (Å²) in [5.41, 5.74) is -3.37. The molecule has 5 aromatic carbocycles. The Hall–Kier alpha value is -5.79. The fourth-order valence-electron chi connectivity index (χ4n) is 6.51. The van der Waals surface area contributed by atoms with Gasteiger partial charge in [-0.3, -0.25) is 5.32 Å². The molecule has 51 heavy (non-hydrogen) atoms. The summed E-state index contributed by atoms with van der Waals surface area (Å²) in [6.45, 7) is 3.96. The Balaban J connectivity index is 1.56. The van der Waals surface area contributed by atoms with Crippen molar-refractivity contribution in [1.82, 2.24) is 5.32 Å². The first kappa shape index (κ1) is 35.1. The number of anilines is 2. The number of benzene rings is 5. The second kappa shape index (κ2) is 13.5. The highest BCUT2D eigenvalue weighted by Gasteiger charge is 2.67. The number of hydrogen-bond acceptors (Lipinski definition) is 7. The third-order valence-electron chi connectivity index (χ3n) is 9.28. The Bertz CT molecular complexity index is 2030. The lowest BCUT2D eigenvalue weighted by Crippen LogP contribution is -2.71. The van der Waals surface area contributed by atoms with Gasteiger partial charge in [-0.1, -0.05) is 77.3 Å². The maximum Gasteiger partial charge on any atom is 0.323 e. The van der Waals surface area contributed by atoms with Gasteiger partial charge in [0.2, 0.25) is 5.90 Å². The van der Waals surface area contributed by atoms with E-state index in [4.69, 9.17) is 14.2 Å². The number of nitrogens with zero attached hydrogens (tertiary/aromatic N) is 3. The smallest absolute Gasteiger partial charge is 0.323 e. The molecule has 6 rings (SSSR count). The van der Waals surface area contributed by atoms with Crippen molar-refractivity contribution in [3.05, 3.63) is 155 Å². The van der Waals surface area contributed by atoms with E-state index in [0.717, 1.165) is 0 Å². The first-order chi connectivity index (χ1) is 24.4. The molecule has 1 N–H and O–H groups in total. The van der Waals surface area contributed by atoms with Crippen molar-refractivity contribution >= 4 is 17.3 Å². The molecule has 1 aliphatic heterocycles. The number of halogens is 3. The molecule has 5 aromatic rings. The molecule has 7 nitrogen and oxygen atoms in total. The molecule has 10 heteroatoms. The average molecular weight is 691 g/mol. The number of ether oxygens (including phenoxy) is 3. The predicted molar refractivity (Wildman–Crippen MR) is 191 cm³/mol. The van der Waals surface area contributed by atoms with Crippen molar-refractivity contribution in [3.63, 3.8) is 0 Å². The molecule has 0 aliphatic carbocycles. The highest BCUT2D eigenvalue weighted by Crippen LogP contribution is 2.50. The molecule has 0 fully saturated rings. The van der Waals surface area contributed by atoms with Gasteiger partial charge in [0.25, 0.3) is 0 Å². The van der Waals surface area contributed by atoms with Crippen LogP contribution in [-0.2, 0) is 10.3 Å². The van der Waals surface area contributed by atoms with E-state index >= 15 is 13.3 Å². The lowest BCUT2D eigenvalue weighted by atomic mass is 9.74. The van der Waals surface area contributed by atoms with Crippen molar-refractivity contribution in [3.8, 4) is 17.6 Å². The molecule has 1 aliphatic rings. The number of hydrogen-bond donors (Lipinski definition) is 1. The summed E-state index contributed by atoms with van der Waals surface area (Å²) in [7, 11) is 3.12. The third-order valence-corrected chi connectivity index (χ3v) is 9.28. The van der Waals surface area contributed by atoms with Gasteiger partial charge < -0.3 is 14.2 Å². The van der Waals surface area contributed by atoms with Crippen LogP contribution < -0.4 is 19.9 Å². The Morgan fingerprint density at radius 1 is 0.745 bits per heavy atom. The standard InChI is InChI=1S/C41H37F3N4O3/c1-38(2)41(42,43)39(3,46-37(51-38)28-13-11-16-33(26-28)48(44)36-17-10-9-12-29(36)27-45)47-40(30-14-7-6-8-15-30,31-18-22-34(49-4)23-19-31)32-20-24-35(50-5)25-21-32/h6-26,47H,1-5H3/t39-/m0/s1. The van der Waals surface area contributed by atoms with Gasteiger partial charge in [0.15, 0.2) is 11.3 Å². The minimum atomic E-state index is -3.61. The van der Waals surface area contributed by atoms with Crippen LogP contribution in [0.25, 0.3) is 0 Å². The van der Waals surface area contributed by atoms with Crippen molar-refractivity contribution in [2.24, 2.45) is 4.99 Å². The molecule has 0 saturated carbocycles. The summed E-state index contributed by atoms with van der Waals surface area (Å²) < 4.78 is 66.9. The highest BCUT2D eigenvalue weighted by molar-refractivity contribution is 5.96. The number of aliphatic imine (C=N–C) groups is 1. The van der Waals surface area contributed by atoms with Crippen LogP contribution in [0.3, 0.4) is 0 Å². The zero-order valence-electron chi connectivity index (χ0n) is 28.8. The quantitative estimate of drug-likeness (QED) is 0.116. The minimum absolute atomic E-state index is 0.0358. The largest absolute Gasteiger partial charge is 0.497 e. The minimum Gasteiger partial charge on any atom is -0.497 e. The molecule has 0 amide bonds. The maximum absolute atomic E-state index is 17.1. The second-order valence-corrected chi connectivity index (χ2v) is 12.8. The lowest BCUT2D eigenvalue weighted by Gasteiger charge is -2.52. The van der Waals surface area contributed by atoms with Crippen molar-refractivity contribution in [1.29, 1.82) is 5.26 Å². The van der Waals surface area contributed by atoms with Crippen LogP contribution in [0.4, 0.5) is 24.6 Å². The summed E-state index contributed by atoms with van der Waals surface area (Å²) in [5.74, 6) is -2.54. The van der Waals surface area contributed by atoms with Crippen LogP contribution in [-0.4, -0.2) is 37.3 Å². The van der Waals surface area contributed by atoms with Crippen LogP contribution in [0.5, 0.6) is 11.5 Å². The van der Waals surface area contributed by atoms with Crippen molar-refractivity contribution in [2.75, 3.05) is 19.3 Å². The molecular formula is C41H37F3N4O3. The summed E-state index contributed by atoms with van der Waals surface area (Å²) in [6, 6.07) is 38.1. The van der Waals surface area contributed by atoms with E-state index in [9.17, 15) is 5.26 Å². The topological polar surface area (TPSA) is 79.1 Å².